The van der Waals surface area contributed by atoms with Crippen LogP contribution in [0.25, 0.3) is 23.5 Å². The molecule has 0 aliphatic rings. The Labute approximate surface area is 157 Å². The number of esters is 1. The Morgan fingerprint density at radius 2 is 1.85 bits per heavy atom. The molecule has 0 spiro atoms. The van der Waals surface area contributed by atoms with Gasteiger partial charge in [-0.1, -0.05) is 60.1 Å². The number of aromatic nitrogens is 2. The highest BCUT2D eigenvalue weighted by Crippen LogP contribution is 2.18. The maximum Gasteiger partial charge on any atom is 0.357 e. The number of halogens is 1. The molecule has 0 radical (unpaired) electrons. The summed E-state index contributed by atoms with van der Waals surface area (Å²) in [5, 5.41) is 0.659. The van der Waals surface area contributed by atoms with E-state index in [1.807, 2.05) is 66.7 Å². The summed E-state index contributed by atoms with van der Waals surface area (Å²) in [6.07, 6.45) is 3.71. The molecule has 26 heavy (non-hydrogen) atoms. The SMILES string of the molecule is CCOC(=O)c1cc(/C=C/c2cccc(Cl)c2)nc(-c2ccccc2)n1. The summed E-state index contributed by atoms with van der Waals surface area (Å²) >= 11 is 6.01. The summed E-state index contributed by atoms with van der Waals surface area (Å²) in [5.41, 5.74) is 2.61. The third-order valence-corrected chi connectivity index (χ3v) is 3.79. The molecule has 0 N–H and O–H groups in total. The van der Waals surface area contributed by atoms with Crippen LogP contribution in [0.2, 0.25) is 5.02 Å². The number of carbonyl (C=O) groups is 1. The molecule has 0 amide bonds. The molecule has 130 valence electrons. The van der Waals surface area contributed by atoms with Gasteiger partial charge >= 0.3 is 5.97 Å². The van der Waals surface area contributed by atoms with Crippen LogP contribution in [0.4, 0.5) is 0 Å². The first-order valence-electron chi connectivity index (χ1n) is 8.21. The fraction of sp³-hybridized carbons (Fsp3) is 0.0952. The molecule has 0 bridgehead atoms. The van der Waals surface area contributed by atoms with E-state index in [1.165, 1.54) is 0 Å². The largest absolute Gasteiger partial charge is 0.461 e. The Morgan fingerprint density at radius 1 is 1.04 bits per heavy atom. The molecule has 0 atom stereocenters. The van der Waals surface area contributed by atoms with E-state index in [-0.39, 0.29) is 12.3 Å². The number of hydrogen-bond donors (Lipinski definition) is 0. The summed E-state index contributed by atoms with van der Waals surface area (Å²) in [6, 6.07) is 18.6. The molecular weight excluding hydrogens is 348 g/mol. The highest BCUT2D eigenvalue weighted by atomic mass is 35.5. The maximum atomic E-state index is 12.1. The minimum absolute atomic E-state index is 0.228. The van der Waals surface area contributed by atoms with Crippen LogP contribution >= 0.6 is 11.6 Å². The van der Waals surface area contributed by atoms with Gasteiger partial charge in [0.1, 0.15) is 0 Å². The number of benzene rings is 2. The monoisotopic (exact) mass is 364 g/mol. The standard InChI is InChI=1S/C21H17ClN2O2/c1-2-26-21(25)19-14-18(12-11-15-7-6-10-17(22)13-15)23-20(24-19)16-8-4-3-5-9-16/h3-14H,2H2,1H3/b12-11+. The highest BCUT2D eigenvalue weighted by Gasteiger charge is 2.13. The van der Waals surface area contributed by atoms with Crippen LogP contribution in [0.1, 0.15) is 28.7 Å². The lowest BCUT2D eigenvalue weighted by Gasteiger charge is -2.06. The first kappa shape index (κ1) is 17.8. The van der Waals surface area contributed by atoms with Gasteiger partial charge < -0.3 is 4.74 Å². The molecule has 0 saturated heterocycles. The van der Waals surface area contributed by atoms with Gasteiger partial charge in [-0.25, -0.2) is 14.8 Å². The average molecular weight is 365 g/mol. The molecule has 0 saturated carbocycles. The van der Waals surface area contributed by atoms with Gasteiger partial charge in [-0.2, -0.15) is 0 Å². The van der Waals surface area contributed by atoms with Crippen molar-refractivity contribution in [1.29, 1.82) is 0 Å². The van der Waals surface area contributed by atoms with Gasteiger partial charge in [0.05, 0.1) is 12.3 Å². The lowest BCUT2D eigenvalue weighted by atomic mass is 10.1. The molecule has 1 aromatic heterocycles. The minimum Gasteiger partial charge on any atom is -0.461 e. The molecular formula is C21H17ClN2O2. The second-order valence-electron chi connectivity index (χ2n) is 5.48. The van der Waals surface area contributed by atoms with Crippen LogP contribution in [-0.4, -0.2) is 22.5 Å². The zero-order valence-electron chi connectivity index (χ0n) is 14.2. The van der Waals surface area contributed by atoms with Gasteiger partial charge in [0.15, 0.2) is 11.5 Å². The number of hydrogen-bond acceptors (Lipinski definition) is 4. The highest BCUT2D eigenvalue weighted by molar-refractivity contribution is 6.30. The predicted molar refractivity (Wildman–Crippen MR) is 104 cm³/mol. The molecule has 3 rings (SSSR count). The second kappa shape index (κ2) is 8.41. The van der Waals surface area contributed by atoms with Crippen molar-refractivity contribution in [2.45, 2.75) is 6.92 Å². The van der Waals surface area contributed by atoms with E-state index in [2.05, 4.69) is 9.97 Å². The van der Waals surface area contributed by atoms with E-state index < -0.39 is 5.97 Å². The summed E-state index contributed by atoms with van der Waals surface area (Å²) in [4.78, 5) is 21.0. The van der Waals surface area contributed by atoms with Crippen molar-refractivity contribution in [3.63, 3.8) is 0 Å². The van der Waals surface area contributed by atoms with Gasteiger partial charge in [0.2, 0.25) is 0 Å². The van der Waals surface area contributed by atoms with Gasteiger partial charge in [-0.3, -0.25) is 0 Å². The summed E-state index contributed by atoms with van der Waals surface area (Å²) in [5.74, 6) is 0.00591. The van der Waals surface area contributed by atoms with E-state index in [0.29, 0.717) is 16.5 Å². The van der Waals surface area contributed by atoms with Crippen molar-refractivity contribution in [2.75, 3.05) is 6.61 Å². The fourth-order valence-corrected chi connectivity index (χ4v) is 2.57. The topological polar surface area (TPSA) is 52.1 Å². The summed E-state index contributed by atoms with van der Waals surface area (Å²) < 4.78 is 5.08. The number of nitrogens with zero attached hydrogens (tertiary/aromatic N) is 2. The minimum atomic E-state index is -0.468. The maximum absolute atomic E-state index is 12.1. The van der Waals surface area contributed by atoms with Crippen LogP contribution < -0.4 is 0 Å². The first-order chi connectivity index (χ1) is 12.7. The normalized spacial score (nSPS) is 10.8. The van der Waals surface area contributed by atoms with Crippen molar-refractivity contribution in [2.24, 2.45) is 0 Å². The van der Waals surface area contributed by atoms with Crippen LogP contribution in [0.5, 0.6) is 0 Å². The average Bonchev–Trinajstić information content (AvgIpc) is 2.67. The second-order valence-corrected chi connectivity index (χ2v) is 5.91. The Morgan fingerprint density at radius 3 is 2.58 bits per heavy atom. The van der Waals surface area contributed by atoms with Crippen molar-refractivity contribution < 1.29 is 9.53 Å². The summed E-state index contributed by atoms with van der Waals surface area (Å²) in [6.45, 7) is 2.05. The molecule has 3 aromatic rings. The Kier molecular flexibility index (Phi) is 5.77. The van der Waals surface area contributed by atoms with Crippen molar-refractivity contribution >= 4 is 29.7 Å². The van der Waals surface area contributed by atoms with E-state index in [9.17, 15) is 4.79 Å². The van der Waals surface area contributed by atoms with Crippen molar-refractivity contribution in [1.82, 2.24) is 9.97 Å². The van der Waals surface area contributed by atoms with E-state index in [4.69, 9.17) is 16.3 Å². The lowest BCUT2D eigenvalue weighted by Crippen LogP contribution is -2.09. The van der Waals surface area contributed by atoms with Gasteiger partial charge in [0.25, 0.3) is 0 Å². The third-order valence-electron chi connectivity index (χ3n) is 3.56. The predicted octanol–water partition coefficient (Wildman–Crippen LogP) is 5.14. The van der Waals surface area contributed by atoms with E-state index in [1.54, 1.807) is 13.0 Å². The number of ether oxygens (including phenoxy) is 1. The first-order valence-corrected chi connectivity index (χ1v) is 8.59. The van der Waals surface area contributed by atoms with Crippen molar-refractivity contribution in [3.8, 4) is 11.4 Å². The zero-order valence-corrected chi connectivity index (χ0v) is 15.0. The van der Waals surface area contributed by atoms with E-state index >= 15 is 0 Å². The third kappa shape index (κ3) is 4.55. The van der Waals surface area contributed by atoms with Gasteiger partial charge in [0, 0.05) is 10.6 Å². The van der Waals surface area contributed by atoms with Crippen LogP contribution in [-0.2, 0) is 4.74 Å². The van der Waals surface area contributed by atoms with Crippen molar-refractivity contribution in [3.05, 3.63) is 82.6 Å². The van der Waals surface area contributed by atoms with Crippen LogP contribution in [0.3, 0.4) is 0 Å². The Hall–Kier alpha value is -2.98. The molecule has 0 unspecified atom stereocenters. The molecule has 1 heterocycles. The zero-order chi connectivity index (χ0) is 18.4. The smallest absolute Gasteiger partial charge is 0.357 e. The number of carbonyl (C=O) groups excluding carboxylic acids is 1. The Bertz CT molecular complexity index is 940. The molecule has 0 fully saturated rings. The Balaban J connectivity index is 2.00. The number of rotatable bonds is 5. The fourth-order valence-electron chi connectivity index (χ4n) is 2.37. The quantitative estimate of drug-likeness (QED) is 0.588. The summed E-state index contributed by atoms with van der Waals surface area (Å²) in [7, 11) is 0. The van der Waals surface area contributed by atoms with E-state index in [0.717, 1.165) is 11.1 Å². The van der Waals surface area contributed by atoms with Gasteiger partial charge in [-0.15, -0.1) is 0 Å². The van der Waals surface area contributed by atoms with Crippen LogP contribution in [0, 0.1) is 0 Å². The molecule has 4 nitrogen and oxygen atoms in total. The molecule has 5 heteroatoms. The molecule has 0 aliphatic heterocycles. The molecule has 2 aromatic carbocycles. The lowest BCUT2D eigenvalue weighted by molar-refractivity contribution is 0.0519. The molecule has 0 aliphatic carbocycles. The van der Waals surface area contributed by atoms with Gasteiger partial charge in [-0.05, 0) is 36.8 Å². The van der Waals surface area contributed by atoms with Crippen LogP contribution in [0.15, 0.2) is 60.7 Å².